The molecular weight excluding hydrogens is 190 g/mol. The Balaban J connectivity index is 2.58. The number of ether oxygens (including phenoxy) is 1. The smallest absolute Gasteiger partial charge is 0.293 e. The summed E-state index contributed by atoms with van der Waals surface area (Å²) in [6.45, 7) is 0.333. The summed E-state index contributed by atoms with van der Waals surface area (Å²) in [5.74, 6) is -2.62. The number of hydrogen-bond acceptors (Lipinski definition) is 3. The molecule has 0 unspecified atom stereocenters. The lowest BCUT2D eigenvalue weighted by Crippen LogP contribution is -2.34. The van der Waals surface area contributed by atoms with Crippen LogP contribution in [-0.4, -0.2) is 24.1 Å². The number of aromatic nitrogens is 1. The van der Waals surface area contributed by atoms with E-state index >= 15 is 0 Å². The third kappa shape index (κ3) is 2.92. The minimum Gasteiger partial charge on any atom is -0.485 e. The number of nitrogens with two attached hydrogens (primary N) is 1. The van der Waals surface area contributed by atoms with Gasteiger partial charge in [-0.2, -0.15) is 0 Å². The Morgan fingerprint density at radius 3 is 2.86 bits per heavy atom. The molecule has 5 heteroatoms. The van der Waals surface area contributed by atoms with Crippen LogP contribution in [0.15, 0.2) is 18.5 Å². The van der Waals surface area contributed by atoms with Crippen molar-refractivity contribution in [3.05, 3.63) is 24.0 Å². The maximum absolute atomic E-state index is 12.7. The molecule has 1 heterocycles. The van der Waals surface area contributed by atoms with Crippen molar-refractivity contribution >= 4 is 0 Å². The molecule has 1 aromatic rings. The number of pyridine rings is 1. The average molecular weight is 202 g/mol. The summed E-state index contributed by atoms with van der Waals surface area (Å²) in [4.78, 5) is 3.77. The molecule has 0 amide bonds. The lowest BCUT2D eigenvalue weighted by molar-refractivity contribution is -0.0321. The standard InChI is InChI=1S/C9H12F2N2O/c1-7-2-3-13-4-8(7)14-6-9(10,11)5-12/h2-4H,5-6,12H2,1H3. The number of nitrogens with zero attached hydrogens (tertiary/aromatic N) is 1. The number of hydrogen-bond donors (Lipinski definition) is 1. The van der Waals surface area contributed by atoms with Crippen LogP contribution in [0.3, 0.4) is 0 Å². The van der Waals surface area contributed by atoms with Gasteiger partial charge in [-0.15, -0.1) is 0 Å². The van der Waals surface area contributed by atoms with Gasteiger partial charge in [0.15, 0.2) is 6.61 Å². The van der Waals surface area contributed by atoms with Gasteiger partial charge in [0.1, 0.15) is 5.75 Å². The van der Waals surface area contributed by atoms with Crippen molar-refractivity contribution in [3.8, 4) is 5.75 Å². The van der Waals surface area contributed by atoms with E-state index < -0.39 is 19.1 Å². The largest absolute Gasteiger partial charge is 0.485 e. The molecule has 0 aliphatic carbocycles. The minimum absolute atomic E-state index is 0.362. The molecule has 78 valence electrons. The van der Waals surface area contributed by atoms with Crippen LogP contribution in [0.25, 0.3) is 0 Å². The first-order chi connectivity index (χ1) is 6.55. The van der Waals surface area contributed by atoms with Gasteiger partial charge < -0.3 is 10.5 Å². The van der Waals surface area contributed by atoms with Crippen LogP contribution in [0.4, 0.5) is 8.78 Å². The van der Waals surface area contributed by atoms with E-state index in [0.717, 1.165) is 5.56 Å². The second-order valence-electron chi connectivity index (χ2n) is 2.99. The van der Waals surface area contributed by atoms with E-state index in [1.165, 1.54) is 6.20 Å². The van der Waals surface area contributed by atoms with Crippen LogP contribution in [0.2, 0.25) is 0 Å². The molecular formula is C9H12F2N2O. The van der Waals surface area contributed by atoms with Gasteiger partial charge in [-0.25, -0.2) is 8.78 Å². The minimum atomic E-state index is -2.98. The van der Waals surface area contributed by atoms with Gasteiger partial charge in [-0.3, -0.25) is 4.98 Å². The normalized spacial score (nSPS) is 11.4. The summed E-state index contributed by atoms with van der Waals surface area (Å²) < 4.78 is 30.3. The first-order valence-electron chi connectivity index (χ1n) is 4.16. The van der Waals surface area contributed by atoms with Crippen LogP contribution in [-0.2, 0) is 0 Å². The zero-order chi connectivity index (χ0) is 10.6. The van der Waals surface area contributed by atoms with Gasteiger partial charge in [0.05, 0.1) is 12.7 Å². The van der Waals surface area contributed by atoms with Gasteiger partial charge in [-0.05, 0) is 18.6 Å². The van der Waals surface area contributed by atoms with Crippen molar-refractivity contribution in [1.29, 1.82) is 0 Å². The molecule has 14 heavy (non-hydrogen) atoms. The Bertz CT molecular complexity index is 305. The second-order valence-corrected chi connectivity index (χ2v) is 2.99. The van der Waals surface area contributed by atoms with Crippen LogP contribution in [0.1, 0.15) is 5.56 Å². The molecule has 0 saturated heterocycles. The number of rotatable bonds is 4. The second kappa shape index (κ2) is 4.32. The number of alkyl halides is 2. The van der Waals surface area contributed by atoms with Gasteiger partial charge in [0.2, 0.25) is 0 Å². The first-order valence-corrected chi connectivity index (χ1v) is 4.16. The van der Waals surface area contributed by atoms with Crippen molar-refractivity contribution < 1.29 is 13.5 Å². The predicted octanol–water partition coefficient (Wildman–Crippen LogP) is 1.36. The molecule has 1 aromatic heterocycles. The fraction of sp³-hybridized carbons (Fsp3) is 0.444. The molecule has 2 N–H and O–H groups in total. The number of halogens is 2. The molecule has 3 nitrogen and oxygen atoms in total. The van der Waals surface area contributed by atoms with Crippen molar-refractivity contribution in [1.82, 2.24) is 4.98 Å². The summed E-state index contributed by atoms with van der Waals surface area (Å²) in [6.07, 6.45) is 2.98. The molecule has 0 radical (unpaired) electrons. The predicted molar refractivity (Wildman–Crippen MR) is 48.5 cm³/mol. The van der Waals surface area contributed by atoms with Crippen molar-refractivity contribution in [2.24, 2.45) is 5.73 Å². The van der Waals surface area contributed by atoms with E-state index in [2.05, 4.69) is 4.98 Å². The molecule has 0 spiro atoms. The van der Waals surface area contributed by atoms with Crippen molar-refractivity contribution in [2.75, 3.05) is 13.2 Å². The quantitative estimate of drug-likeness (QED) is 0.802. The Morgan fingerprint density at radius 1 is 1.57 bits per heavy atom. The van der Waals surface area contributed by atoms with Gasteiger partial charge in [0.25, 0.3) is 5.92 Å². The van der Waals surface area contributed by atoms with Crippen molar-refractivity contribution in [3.63, 3.8) is 0 Å². The average Bonchev–Trinajstić information content (AvgIpc) is 2.17. The van der Waals surface area contributed by atoms with Crippen LogP contribution < -0.4 is 10.5 Å². The highest BCUT2D eigenvalue weighted by molar-refractivity contribution is 5.27. The zero-order valence-corrected chi connectivity index (χ0v) is 7.84. The maximum atomic E-state index is 12.7. The molecule has 0 saturated carbocycles. The molecule has 0 aliphatic rings. The van der Waals surface area contributed by atoms with E-state index in [0.29, 0.717) is 5.75 Å². The highest BCUT2D eigenvalue weighted by atomic mass is 19.3. The highest BCUT2D eigenvalue weighted by Gasteiger charge is 2.27. The lowest BCUT2D eigenvalue weighted by Gasteiger charge is -2.15. The van der Waals surface area contributed by atoms with Crippen LogP contribution in [0.5, 0.6) is 5.75 Å². The molecule has 0 fully saturated rings. The summed E-state index contributed by atoms with van der Waals surface area (Å²) in [7, 11) is 0. The SMILES string of the molecule is Cc1ccncc1OCC(F)(F)CN. The molecule has 1 rings (SSSR count). The topological polar surface area (TPSA) is 48.1 Å². The van der Waals surface area contributed by atoms with Crippen LogP contribution >= 0.6 is 0 Å². The summed E-state index contributed by atoms with van der Waals surface area (Å²) in [6, 6.07) is 1.69. The van der Waals surface area contributed by atoms with Crippen molar-refractivity contribution in [2.45, 2.75) is 12.8 Å². The first kappa shape index (κ1) is 10.8. The van der Waals surface area contributed by atoms with Gasteiger partial charge in [0, 0.05) is 6.20 Å². The molecule has 0 atom stereocenters. The third-order valence-electron chi connectivity index (χ3n) is 1.73. The van der Waals surface area contributed by atoms with E-state index in [-0.39, 0.29) is 0 Å². The monoisotopic (exact) mass is 202 g/mol. The summed E-state index contributed by atoms with van der Waals surface area (Å²) in [5.41, 5.74) is 5.63. The maximum Gasteiger partial charge on any atom is 0.293 e. The van der Waals surface area contributed by atoms with E-state index in [1.54, 1.807) is 19.2 Å². The Kier molecular flexibility index (Phi) is 3.35. The van der Waals surface area contributed by atoms with E-state index in [4.69, 9.17) is 10.5 Å². The lowest BCUT2D eigenvalue weighted by atomic mass is 10.3. The Morgan fingerprint density at radius 2 is 2.29 bits per heavy atom. The van der Waals surface area contributed by atoms with Gasteiger partial charge >= 0.3 is 0 Å². The van der Waals surface area contributed by atoms with E-state index in [1.807, 2.05) is 0 Å². The van der Waals surface area contributed by atoms with E-state index in [9.17, 15) is 8.78 Å². The summed E-state index contributed by atoms with van der Waals surface area (Å²) >= 11 is 0. The number of aryl methyl sites for hydroxylation is 1. The molecule has 0 aliphatic heterocycles. The molecule has 0 bridgehead atoms. The summed E-state index contributed by atoms with van der Waals surface area (Å²) in [5, 5.41) is 0. The fourth-order valence-electron chi connectivity index (χ4n) is 0.843. The zero-order valence-electron chi connectivity index (χ0n) is 7.84. The van der Waals surface area contributed by atoms with Crippen LogP contribution in [0, 0.1) is 6.92 Å². The van der Waals surface area contributed by atoms with Gasteiger partial charge in [-0.1, -0.05) is 0 Å². The Labute approximate surface area is 80.9 Å². The third-order valence-corrected chi connectivity index (χ3v) is 1.73. The fourth-order valence-corrected chi connectivity index (χ4v) is 0.843. The molecule has 0 aromatic carbocycles. The highest BCUT2D eigenvalue weighted by Crippen LogP contribution is 2.18. The Hall–Kier alpha value is -1.23.